The topological polar surface area (TPSA) is 35.5 Å². The minimum atomic E-state index is -0.187. The Labute approximate surface area is 108 Å². The van der Waals surface area contributed by atoms with Gasteiger partial charge >= 0.3 is 0 Å². The summed E-state index contributed by atoms with van der Waals surface area (Å²) < 4.78 is 13.3. The number of nitrogens with zero attached hydrogens (tertiary/aromatic N) is 1. The number of nitrogens with one attached hydrogen (secondary N) is 1. The van der Waals surface area contributed by atoms with E-state index in [2.05, 4.69) is 10.2 Å². The van der Waals surface area contributed by atoms with Crippen LogP contribution in [0.1, 0.15) is 23.6 Å². The molecule has 1 fully saturated rings. The fourth-order valence-electron chi connectivity index (χ4n) is 2.49. The van der Waals surface area contributed by atoms with E-state index in [1.54, 1.807) is 13.0 Å². The van der Waals surface area contributed by atoms with Crippen LogP contribution in [0.15, 0.2) is 18.2 Å². The zero-order valence-corrected chi connectivity index (χ0v) is 10.8. The highest BCUT2D eigenvalue weighted by atomic mass is 19.1. The molecule has 1 aromatic rings. The number of hydrogen-bond acceptors (Lipinski definition) is 3. The Balaban J connectivity index is 2.17. The van der Waals surface area contributed by atoms with E-state index in [4.69, 9.17) is 0 Å². The van der Waals surface area contributed by atoms with Crippen molar-refractivity contribution in [1.29, 1.82) is 0 Å². The van der Waals surface area contributed by atoms with Gasteiger partial charge in [0, 0.05) is 19.6 Å². The number of aryl methyl sites for hydroxylation is 1. The molecule has 1 aliphatic rings. The molecule has 0 bridgehead atoms. The van der Waals surface area contributed by atoms with Crippen molar-refractivity contribution in [3.05, 3.63) is 35.1 Å². The second kappa shape index (κ2) is 6.27. The minimum Gasteiger partial charge on any atom is -0.394 e. The van der Waals surface area contributed by atoms with Crippen molar-refractivity contribution in [2.75, 3.05) is 32.8 Å². The van der Waals surface area contributed by atoms with Crippen LogP contribution in [0.4, 0.5) is 4.39 Å². The van der Waals surface area contributed by atoms with E-state index in [9.17, 15) is 9.50 Å². The van der Waals surface area contributed by atoms with E-state index < -0.39 is 0 Å². The summed E-state index contributed by atoms with van der Waals surface area (Å²) in [5.74, 6) is -0.187. The Morgan fingerprint density at radius 3 is 2.94 bits per heavy atom. The summed E-state index contributed by atoms with van der Waals surface area (Å²) in [4.78, 5) is 2.27. The molecule has 100 valence electrons. The standard InChI is InChI=1S/C14H21FN2O/c1-11-9-12(3-4-13(11)15)14(10-18)17-7-2-5-16-6-8-17/h3-4,9,14,16,18H,2,5-8,10H2,1H3. The van der Waals surface area contributed by atoms with E-state index in [1.165, 1.54) is 6.07 Å². The summed E-state index contributed by atoms with van der Waals surface area (Å²) >= 11 is 0. The molecule has 1 aromatic carbocycles. The lowest BCUT2D eigenvalue weighted by Gasteiger charge is -2.29. The second-order valence-corrected chi connectivity index (χ2v) is 4.85. The Bertz CT molecular complexity index is 389. The quantitative estimate of drug-likeness (QED) is 0.855. The monoisotopic (exact) mass is 252 g/mol. The van der Waals surface area contributed by atoms with Gasteiger partial charge in [-0.1, -0.05) is 12.1 Å². The van der Waals surface area contributed by atoms with Crippen LogP contribution in [0.5, 0.6) is 0 Å². The van der Waals surface area contributed by atoms with E-state index in [-0.39, 0.29) is 18.5 Å². The van der Waals surface area contributed by atoms with Gasteiger partial charge in [0.05, 0.1) is 12.6 Å². The van der Waals surface area contributed by atoms with Crippen molar-refractivity contribution in [3.8, 4) is 0 Å². The molecule has 0 spiro atoms. The van der Waals surface area contributed by atoms with Crippen molar-refractivity contribution >= 4 is 0 Å². The third-order valence-electron chi connectivity index (χ3n) is 3.56. The first-order chi connectivity index (χ1) is 8.72. The SMILES string of the molecule is Cc1cc(C(CO)N2CCCNCC2)ccc1F. The largest absolute Gasteiger partial charge is 0.394 e. The predicted molar refractivity (Wildman–Crippen MR) is 70.0 cm³/mol. The molecular formula is C14H21FN2O. The van der Waals surface area contributed by atoms with Crippen LogP contribution in [-0.4, -0.2) is 42.8 Å². The van der Waals surface area contributed by atoms with Gasteiger partial charge in [0.25, 0.3) is 0 Å². The fraction of sp³-hybridized carbons (Fsp3) is 0.571. The van der Waals surface area contributed by atoms with Gasteiger partial charge in [0.2, 0.25) is 0 Å². The molecule has 1 unspecified atom stereocenters. The van der Waals surface area contributed by atoms with Crippen molar-refractivity contribution < 1.29 is 9.50 Å². The van der Waals surface area contributed by atoms with Crippen LogP contribution < -0.4 is 5.32 Å². The Kier molecular flexibility index (Phi) is 4.69. The first-order valence-corrected chi connectivity index (χ1v) is 6.54. The molecule has 1 heterocycles. The molecule has 1 saturated heterocycles. The summed E-state index contributed by atoms with van der Waals surface area (Å²) in [6.45, 7) is 5.69. The number of aliphatic hydroxyl groups is 1. The van der Waals surface area contributed by atoms with Crippen LogP contribution in [0.25, 0.3) is 0 Å². The lowest BCUT2D eigenvalue weighted by molar-refractivity contribution is 0.129. The predicted octanol–water partition coefficient (Wildman–Crippen LogP) is 1.46. The van der Waals surface area contributed by atoms with Crippen molar-refractivity contribution in [2.45, 2.75) is 19.4 Å². The smallest absolute Gasteiger partial charge is 0.126 e. The van der Waals surface area contributed by atoms with Crippen LogP contribution in [0.2, 0.25) is 0 Å². The van der Waals surface area contributed by atoms with E-state index >= 15 is 0 Å². The van der Waals surface area contributed by atoms with Gasteiger partial charge in [-0.05, 0) is 37.1 Å². The molecule has 2 rings (SSSR count). The van der Waals surface area contributed by atoms with Crippen molar-refractivity contribution in [1.82, 2.24) is 10.2 Å². The van der Waals surface area contributed by atoms with Crippen LogP contribution in [0, 0.1) is 12.7 Å². The van der Waals surface area contributed by atoms with Crippen molar-refractivity contribution in [2.24, 2.45) is 0 Å². The highest BCUT2D eigenvalue weighted by Gasteiger charge is 2.21. The minimum absolute atomic E-state index is 0.0239. The lowest BCUT2D eigenvalue weighted by atomic mass is 10.0. The maximum Gasteiger partial charge on any atom is 0.126 e. The first kappa shape index (κ1) is 13.5. The Morgan fingerprint density at radius 1 is 1.39 bits per heavy atom. The number of aliphatic hydroxyl groups excluding tert-OH is 1. The molecule has 2 N–H and O–H groups in total. The second-order valence-electron chi connectivity index (χ2n) is 4.85. The van der Waals surface area contributed by atoms with E-state index in [0.717, 1.165) is 38.2 Å². The molecule has 0 saturated carbocycles. The zero-order chi connectivity index (χ0) is 13.0. The van der Waals surface area contributed by atoms with Gasteiger partial charge in [-0.3, -0.25) is 4.90 Å². The summed E-state index contributed by atoms with van der Waals surface area (Å²) in [6, 6.07) is 5.09. The van der Waals surface area contributed by atoms with Gasteiger partial charge in [0.1, 0.15) is 5.82 Å². The van der Waals surface area contributed by atoms with Crippen LogP contribution in [-0.2, 0) is 0 Å². The molecule has 0 aliphatic carbocycles. The van der Waals surface area contributed by atoms with Crippen LogP contribution >= 0.6 is 0 Å². The molecule has 3 nitrogen and oxygen atoms in total. The van der Waals surface area contributed by atoms with Gasteiger partial charge < -0.3 is 10.4 Å². The van der Waals surface area contributed by atoms with Crippen LogP contribution in [0.3, 0.4) is 0 Å². The highest BCUT2D eigenvalue weighted by molar-refractivity contribution is 5.26. The molecule has 1 atom stereocenters. The average Bonchev–Trinajstić information content (AvgIpc) is 2.64. The zero-order valence-electron chi connectivity index (χ0n) is 10.8. The number of rotatable bonds is 3. The average molecular weight is 252 g/mol. The van der Waals surface area contributed by atoms with Gasteiger partial charge in [0.15, 0.2) is 0 Å². The molecule has 0 aromatic heterocycles. The maximum atomic E-state index is 13.3. The third kappa shape index (κ3) is 3.07. The van der Waals surface area contributed by atoms with Gasteiger partial charge in [-0.2, -0.15) is 0 Å². The van der Waals surface area contributed by atoms with E-state index in [1.807, 2.05) is 6.07 Å². The molecule has 1 aliphatic heterocycles. The first-order valence-electron chi connectivity index (χ1n) is 6.54. The molecular weight excluding hydrogens is 231 g/mol. The molecule has 18 heavy (non-hydrogen) atoms. The molecule has 4 heteroatoms. The number of benzene rings is 1. The Morgan fingerprint density at radius 2 is 2.22 bits per heavy atom. The number of halogens is 1. The van der Waals surface area contributed by atoms with Gasteiger partial charge in [-0.15, -0.1) is 0 Å². The van der Waals surface area contributed by atoms with Crippen molar-refractivity contribution in [3.63, 3.8) is 0 Å². The summed E-state index contributed by atoms with van der Waals surface area (Å²) in [5, 5.41) is 13.0. The lowest BCUT2D eigenvalue weighted by Crippen LogP contribution is -2.34. The maximum absolute atomic E-state index is 13.3. The summed E-state index contributed by atoms with van der Waals surface area (Å²) in [7, 11) is 0. The van der Waals surface area contributed by atoms with Gasteiger partial charge in [-0.25, -0.2) is 4.39 Å². The Hall–Kier alpha value is -0.970. The summed E-state index contributed by atoms with van der Waals surface area (Å²) in [5.41, 5.74) is 1.64. The third-order valence-corrected chi connectivity index (χ3v) is 3.56. The molecule has 0 radical (unpaired) electrons. The fourth-order valence-corrected chi connectivity index (χ4v) is 2.49. The number of hydrogen-bond donors (Lipinski definition) is 2. The highest BCUT2D eigenvalue weighted by Crippen LogP contribution is 2.22. The normalized spacial score (nSPS) is 19.5. The molecule has 0 amide bonds. The summed E-state index contributed by atoms with van der Waals surface area (Å²) in [6.07, 6.45) is 1.08. The van der Waals surface area contributed by atoms with E-state index in [0.29, 0.717) is 5.56 Å².